The molecule has 1 aliphatic carbocycles. The van der Waals surface area contributed by atoms with Gasteiger partial charge >= 0.3 is 0 Å². The average Bonchev–Trinajstić information content (AvgIpc) is 3.20. The van der Waals surface area contributed by atoms with Gasteiger partial charge in [-0.15, -0.1) is 0 Å². The van der Waals surface area contributed by atoms with Gasteiger partial charge in [0.05, 0.1) is 5.69 Å². The number of para-hydroxylation sites is 2. The van der Waals surface area contributed by atoms with Gasteiger partial charge in [0, 0.05) is 24.2 Å². The molecule has 2 aliphatic rings. The van der Waals surface area contributed by atoms with E-state index < -0.39 is 0 Å². The van der Waals surface area contributed by atoms with Crippen LogP contribution in [0.15, 0.2) is 48.5 Å². The van der Waals surface area contributed by atoms with Gasteiger partial charge in [0.15, 0.2) is 0 Å². The highest BCUT2D eigenvalue weighted by Gasteiger charge is 2.40. The number of amides is 1. The average molecular weight is 323 g/mol. The maximum Gasteiger partial charge on any atom is 0.251 e. The fourth-order valence-electron chi connectivity index (χ4n) is 3.64. The van der Waals surface area contributed by atoms with E-state index in [9.17, 15) is 4.79 Å². The van der Waals surface area contributed by atoms with Crippen LogP contribution in [0.5, 0.6) is 11.5 Å². The molecule has 1 aliphatic heterocycles. The number of nitrogens with one attached hydrogen (secondary N) is 2. The lowest BCUT2D eigenvalue weighted by atomic mass is 10.0. The van der Waals surface area contributed by atoms with Crippen LogP contribution in [0, 0.1) is 5.92 Å². The lowest BCUT2D eigenvalue weighted by Gasteiger charge is -2.23. The number of ether oxygens (including phenoxy) is 1. The largest absolute Gasteiger partial charge is 0.455 e. The quantitative estimate of drug-likeness (QED) is 0.756. The highest BCUT2D eigenvalue weighted by molar-refractivity contribution is 5.94. The zero-order valence-electron chi connectivity index (χ0n) is 13.4. The summed E-state index contributed by atoms with van der Waals surface area (Å²) in [5.41, 5.74) is 7.11. The van der Waals surface area contributed by atoms with Gasteiger partial charge in [0.2, 0.25) is 0 Å². The Morgan fingerprint density at radius 2 is 1.92 bits per heavy atom. The van der Waals surface area contributed by atoms with Crippen molar-refractivity contribution >= 4 is 11.6 Å². The molecule has 2 aromatic rings. The molecule has 1 heterocycles. The van der Waals surface area contributed by atoms with Gasteiger partial charge < -0.3 is 21.1 Å². The first-order valence-electron chi connectivity index (χ1n) is 8.36. The third kappa shape index (κ3) is 2.95. The third-order valence-electron chi connectivity index (χ3n) is 4.94. The molecule has 4 N–H and O–H groups in total. The van der Waals surface area contributed by atoms with Crippen LogP contribution in [0.3, 0.4) is 0 Å². The van der Waals surface area contributed by atoms with Crippen LogP contribution in [0.4, 0.5) is 5.69 Å². The standard InChI is InChI=1S/C19H21N3O2/c20-16-3-1-2-4-18(16)24-15-7-5-12(6-8-15)19(23)22-17-10-14-9-13(17)11-21-14/h1-8,13-14,17,21H,9-11,20H2,(H,22,23). The molecule has 3 atom stereocenters. The number of nitrogen functional groups attached to an aromatic ring is 1. The van der Waals surface area contributed by atoms with E-state index in [4.69, 9.17) is 10.5 Å². The van der Waals surface area contributed by atoms with Crippen molar-refractivity contribution in [2.24, 2.45) is 5.92 Å². The molecule has 2 fully saturated rings. The molecule has 4 rings (SSSR count). The second kappa shape index (κ2) is 6.17. The molecule has 3 unspecified atom stereocenters. The van der Waals surface area contributed by atoms with Crippen molar-refractivity contribution in [2.45, 2.75) is 24.9 Å². The summed E-state index contributed by atoms with van der Waals surface area (Å²) in [4.78, 5) is 12.4. The minimum Gasteiger partial charge on any atom is -0.455 e. The predicted molar refractivity (Wildman–Crippen MR) is 93.1 cm³/mol. The summed E-state index contributed by atoms with van der Waals surface area (Å²) < 4.78 is 5.75. The topological polar surface area (TPSA) is 76.4 Å². The summed E-state index contributed by atoms with van der Waals surface area (Å²) in [5, 5.41) is 6.62. The molecule has 1 saturated heterocycles. The SMILES string of the molecule is Nc1ccccc1Oc1ccc(C(=O)NC2CC3CC2CN3)cc1. The normalized spacial score (nSPS) is 24.8. The van der Waals surface area contributed by atoms with Crippen LogP contribution >= 0.6 is 0 Å². The molecule has 0 aromatic heterocycles. The highest BCUT2D eigenvalue weighted by Crippen LogP contribution is 2.31. The first-order chi connectivity index (χ1) is 11.7. The Hall–Kier alpha value is -2.53. The Bertz CT molecular complexity index is 745. The lowest BCUT2D eigenvalue weighted by molar-refractivity contribution is 0.0925. The fourth-order valence-corrected chi connectivity index (χ4v) is 3.64. The van der Waals surface area contributed by atoms with E-state index in [0.29, 0.717) is 40.8 Å². The third-order valence-corrected chi connectivity index (χ3v) is 4.94. The van der Waals surface area contributed by atoms with Crippen LogP contribution < -0.4 is 21.1 Å². The molecule has 1 amide bonds. The number of piperidine rings is 1. The Balaban J connectivity index is 1.40. The van der Waals surface area contributed by atoms with Gasteiger partial charge in [-0.25, -0.2) is 0 Å². The molecule has 5 heteroatoms. The maximum absolute atomic E-state index is 12.4. The second-order valence-electron chi connectivity index (χ2n) is 6.58. The number of fused-ring (bicyclic) bond motifs is 2. The molecular weight excluding hydrogens is 302 g/mol. The number of anilines is 1. The Morgan fingerprint density at radius 3 is 2.58 bits per heavy atom. The van der Waals surface area contributed by atoms with Gasteiger partial charge in [0.25, 0.3) is 5.91 Å². The van der Waals surface area contributed by atoms with Gasteiger partial charge in [-0.3, -0.25) is 4.79 Å². The first kappa shape index (κ1) is 15.0. The van der Waals surface area contributed by atoms with Gasteiger partial charge in [-0.05, 0) is 55.2 Å². The number of nitrogens with two attached hydrogens (primary N) is 1. The second-order valence-corrected chi connectivity index (χ2v) is 6.58. The van der Waals surface area contributed by atoms with Crippen molar-refractivity contribution in [2.75, 3.05) is 12.3 Å². The summed E-state index contributed by atoms with van der Waals surface area (Å²) in [6.07, 6.45) is 2.21. The smallest absolute Gasteiger partial charge is 0.251 e. The number of carbonyl (C=O) groups excluding carboxylic acids is 1. The molecule has 2 aromatic carbocycles. The monoisotopic (exact) mass is 323 g/mol. The van der Waals surface area contributed by atoms with Crippen LogP contribution in [0.2, 0.25) is 0 Å². The van der Waals surface area contributed by atoms with E-state index in [1.54, 1.807) is 30.3 Å². The van der Waals surface area contributed by atoms with E-state index >= 15 is 0 Å². The van der Waals surface area contributed by atoms with Crippen molar-refractivity contribution in [3.8, 4) is 11.5 Å². The Labute approximate surface area is 141 Å². The van der Waals surface area contributed by atoms with Crippen LogP contribution in [0.1, 0.15) is 23.2 Å². The van der Waals surface area contributed by atoms with Crippen molar-refractivity contribution in [3.05, 3.63) is 54.1 Å². The number of carbonyl (C=O) groups is 1. The zero-order valence-corrected chi connectivity index (χ0v) is 13.4. The Kier molecular flexibility index (Phi) is 3.86. The van der Waals surface area contributed by atoms with Gasteiger partial charge in [-0.1, -0.05) is 12.1 Å². The molecule has 0 radical (unpaired) electrons. The summed E-state index contributed by atoms with van der Waals surface area (Å²) >= 11 is 0. The van der Waals surface area contributed by atoms with Gasteiger partial charge in [-0.2, -0.15) is 0 Å². The number of hydrogen-bond acceptors (Lipinski definition) is 4. The zero-order chi connectivity index (χ0) is 16.5. The van der Waals surface area contributed by atoms with Gasteiger partial charge in [0.1, 0.15) is 11.5 Å². The molecular formula is C19H21N3O2. The highest BCUT2D eigenvalue weighted by atomic mass is 16.5. The van der Waals surface area contributed by atoms with Crippen molar-refractivity contribution < 1.29 is 9.53 Å². The predicted octanol–water partition coefficient (Wildman–Crippen LogP) is 2.54. The van der Waals surface area contributed by atoms with Crippen molar-refractivity contribution in [1.82, 2.24) is 10.6 Å². The minimum absolute atomic E-state index is 0.0154. The van der Waals surface area contributed by atoms with Crippen LogP contribution in [-0.4, -0.2) is 24.5 Å². The summed E-state index contributed by atoms with van der Waals surface area (Å²) in [6, 6.07) is 15.4. The number of rotatable bonds is 4. The number of hydrogen-bond donors (Lipinski definition) is 3. The number of benzene rings is 2. The first-order valence-corrected chi connectivity index (χ1v) is 8.36. The minimum atomic E-state index is -0.0154. The summed E-state index contributed by atoms with van der Waals surface area (Å²) in [5.74, 6) is 1.83. The molecule has 2 bridgehead atoms. The lowest BCUT2D eigenvalue weighted by Crippen LogP contribution is -2.44. The van der Waals surface area contributed by atoms with Crippen molar-refractivity contribution in [1.29, 1.82) is 0 Å². The molecule has 0 spiro atoms. The molecule has 124 valence electrons. The van der Waals surface area contributed by atoms with E-state index in [1.807, 2.05) is 18.2 Å². The van der Waals surface area contributed by atoms with E-state index in [-0.39, 0.29) is 5.91 Å². The van der Waals surface area contributed by atoms with Crippen molar-refractivity contribution in [3.63, 3.8) is 0 Å². The Morgan fingerprint density at radius 1 is 1.12 bits per heavy atom. The van der Waals surface area contributed by atoms with Crippen LogP contribution in [-0.2, 0) is 0 Å². The molecule has 1 saturated carbocycles. The summed E-state index contributed by atoms with van der Waals surface area (Å²) in [7, 11) is 0. The summed E-state index contributed by atoms with van der Waals surface area (Å²) in [6.45, 7) is 1.01. The van der Waals surface area contributed by atoms with E-state index in [1.165, 1.54) is 6.42 Å². The van der Waals surface area contributed by atoms with E-state index in [0.717, 1.165) is 13.0 Å². The van der Waals surface area contributed by atoms with Crippen LogP contribution in [0.25, 0.3) is 0 Å². The molecule has 24 heavy (non-hydrogen) atoms. The molecule has 5 nitrogen and oxygen atoms in total. The van der Waals surface area contributed by atoms with E-state index in [2.05, 4.69) is 10.6 Å². The fraction of sp³-hybridized carbons (Fsp3) is 0.316. The maximum atomic E-state index is 12.4.